The highest BCUT2D eigenvalue weighted by Crippen LogP contribution is 2.21. The number of amides is 1. The zero-order valence-electron chi connectivity index (χ0n) is 17.6. The first-order valence-electron chi connectivity index (χ1n) is 11.0. The summed E-state index contributed by atoms with van der Waals surface area (Å²) >= 11 is 0. The molecule has 0 radical (unpaired) electrons. The third kappa shape index (κ3) is 4.37. The molecule has 4 rings (SSSR count). The zero-order chi connectivity index (χ0) is 21.1. The highest BCUT2D eigenvalue weighted by molar-refractivity contribution is 5.78. The maximum absolute atomic E-state index is 13.1. The minimum Gasteiger partial charge on any atom is -0.390 e. The fraction of sp³-hybridized carbons (Fsp3) is 0.636. The number of ether oxygens (including phenoxy) is 1. The van der Waals surface area contributed by atoms with Gasteiger partial charge in [0, 0.05) is 45.6 Å². The summed E-state index contributed by atoms with van der Waals surface area (Å²) < 4.78 is 7.55. The highest BCUT2D eigenvalue weighted by atomic mass is 16.5. The lowest BCUT2D eigenvalue weighted by atomic mass is 10.0. The van der Waals surface area contributed by atoms with Gasteiger partial charge in [-0.15, -0.1) is 0 Å². The number of aromatic nitrogens is 2. The van der Waals surface area contributed by atoms with Gasteiger partial charge in [-0.1, -0.05) is 19.1 Å². The minimum atomic E-state index is -0.856. The molecule has 2 N–H and O–H groups in total. The molecule has 8 heteroatoms. The quantitative estimate of drug-likeness (QED) is 0.744. The van der Waals surface area contributed by atoms with Crippen LogP contribution in [0.15, 0.2) is 24.3 Å². The van der Waals surface area contributed by atoms with Crippen LogP contribution < -0.4 is 0 Å². The summed E-state index contributed by atoms with van der Waals surface area (Å²) in [7, 11) is 0. The Kier molecular flexibility index (Phi) is 6.67. The van der Waals surface area contributed by atoms with E-state index in [9.17, 15) is 15.0 Å². The van der Waals surface area contributed by atoms with Crippen LogP contribution >= 0.6 is 0 Å². The summed E-state index contributed by atoms with van der Waals surface area (Å²) in [5, 5.41) is 21.0. The molecule has 2 fully saturated rings. The van der Waals surface area contributed by atoms with Gasteiger partial charge in [-0.3, -0.25) is 9.69 Å². The molecule has 2 aliphatic heterocycles. The number of likely N-dealkylation sites (tertiary alicyclic amines) is 1. The Balaban J connectivity index is 1.46. The number of aryl methyl sites for hydroxylation is 2. The summed E-state index contributed by atoms with van der Waals surface area (Å²) in [5.74, 6) is 1.03. The van der Waals surface area contributed by atoms with E-state index in [2.05, 4.69) is 21.4 Å². The number of aliphatic hydroxyl groups excluding tert-OH is 2. The number of imidazole rings is 1. The van der Waals surface area contributed by atoms with Gasteiger partial charge in [0.1, 0.15) is 5.82 Å². The molecule has 0 bridgehead atoms. The minimum absolute atomic E-state index is 0.0504. The molecule has 0 aliphatic carbocycles. The molecule has 1 aromatic heterocycles. The molecule has 30 heavy (non-hydrogen) atoms. The van der Waals surface area contributed by atoms with Gasteiger partial charge in [-0.2, -0.15) is 0 Å². The Bertz CT molecular complexity index is 864. The second-order valence-corrected chi connectivity index (χ2v) is 8.17. The number of rotatable bonds is 5. The number of carbonyl (C=O) groups excluding carboxylic acids is 1. The van der Waals surface area contributed by atoms with Gasteiger partial charge in [0.15, 0.2) is 0 Å². The molecule has 2 aliphatic rings. The molecule has 2 saturated heterocycles. The molecule has 2 aromatic rings. The van der Waals surface area contributed by atoms with Gasteiger partial charge in [0.05, 0.1) is 42.5 Å². The molecule has 0 spiro atoms. The highest BCUT2D eigenvalue weighted by Gasteiger charge is 2.37. The zero-order valence-corrected chi connectivity index (χ0v) is 17.6. The summed E-state index contributed by atoms with van der Waals surface area (Å²) in [5.41, 5.74) is 2.00. The molecule has 1 aromatic carbocycles. The number of aliphatic hydroxyl groups is 2. The molecule has 8 nitrogen and oxygen atoms in total. The van der Waals surface area contributed by atoms with E-state index < -0.39 is 12.2 Å². The molecule has 0 unspecified atom stereocenters. The number of carbonyl (C=O) groups is 1. The number of fused-ring (bicyclic) bond motifs is 1. The number of benzene rings is 1. The molecular formula is C22H32N4O4. The second kappa shape index (κ2) is 9.43. The van der Waals surface area contributed by atoms with E-state index in [0.29, 0.717) is 58.8 Å². The van der Waals surface area contributed by atoms with Crippen LogP contribution in [0.5, 0.6) is 0 Å². The monoisotopic (exact) mass is 416 g/mol. The van der Waals surface area contributed by atoms with Crippen molar-refractivity contribution >= 4 is 16.9 Å². The van der Waals surface area contributed by atoms with E-state index in [0.717, 1.165) is 23.3 Å². The maximum Gasteiger partial charge on any atom is 0.224 e. The Morgan fingerprint density at radius 2 is 1.97 bits per heavy atom. The summed E-state index contributed by atoms with van der Waals surface area (Å²) in [4.78, 5) is 21.7. The van der Waals surface area contributed by atoms with Gasteiger partial charge < -0.3 is 24.4 Å². The van der Waals surface area contributed by atoms with Crippen LogP contribution in [0.25, 0.3) is 11.0 Å². The van der Waals surface area contributed by atoms with Gasteiger partial charge in [-0.05, 0) is 18.6 Å². The number of nitrogens with zero attached hydrogens (tertiary/aromatic N) is 4. The third-order valence-corrected chi connectivity index (χ3v) is 6.36. The topological polar surface area (TPSA) is 91.1 Å². The van der Waals surface area contributed by atoms with Crippen LogP contribution in [0, 0.1) is 0 Å². The SMILES string of the molecule is CCc1nc2ccccc2n1CCC(=O)N1CC[C@@H](O)[C@@H](O)[C@H](N2CCOCC2)C1. The average molecular weight is 417 g/mol. The smallest absolute Gasteiger partial charge is 0.224 e. The van der Waals surface area contributed by atoms with Gasteiger partial charge >= 0.3 is 0 Å². The van der Waals surface area contributed by atoms with Crippen LogP contribution in [0.2, 0.25) is 0 Å². The van der Waals surface area contributed by atoms with Crippen molar-refractivity contribution in [2.24, 2.45) is 0 Å². The third-order valence-electron chi connectivity index (χ3n) is 6.36. The summed E-state index contributed by atoms with van der Waals surface area (Å²) in [6, 6.07) is 7.74. The summed E-state index contributed by atoms with van der Waals surface area (Å²) in [6.45, 7) is 6.18. The van der Waals surface area contributed by atoms with E-state index in [1.54, 1.807) is 0 Å². The Morgan fingerprint density at radius 3 is 2.73 bits per heavy atom. The van der Waals surface area contributed by atoms with Crippen molar-refractivity contribution in [1.82, 2.24) is 19.4 Å². The Labute approximate surface area is 177 Å². The maximum atomic E-state index is 13.1. The van der Waals surface area contributed by atoms with E-state index in [1.165, 1.54) is 0 Å². The van der Waals surface area contributed by atoms with E-state index in [-0.39, 0.29) is 11.9 Å². The van der Waals surface area contributed by atoms with Crippen LogP contribution in [0.4, 0.5) is 0 Å². The number of hydrogen-bond donors (Lipinski definition) is 2. The molecule has 164 valence electrons. The lowest BCUT2D eigenvalue weighted by Gasteiger charge is -2.38. The van der Waals surface area contributed by atoms with E-state index in [4.69, 9.17) is 4.74 Å². The number of hydrogen-bond acceptors (Lipinski definition) is 6. The van der Waals surface area contributed by atoms with Crippen molar-refractivity contribution in [1.29, 1.82) is 0 Å². The standard InChI is InChI=1S/C22H32N4O4/c1-2-20-23-16-5-3-4-6-17(16)26(20)10-8-21(28)25-9-7-19(27)22(29)18(15-25)24-11-13-30-14-12-24/h3-6,18-19,22,27,29H,2,7-15H2,1H3/t18-,19-,22+/m1/s1. The summed E-state index contributed by atoms with van der Waals surface area (Å²) in [6.07, 6.45) is -0.105. The fourth-order valence-corrected chi connectivity index (χ4v) is 4.62. The van der Waals surface area contributed by atoms with E-state index in [1.807, 2.05) is 29.2 Å². The first-order valence-corrected chi connectivity index (χ1v) is 11.0. The van der Waals surface area contributed by atoms with Crippen molar-refractivity contribution < 1.29 is 19.7 Å². The van der Waals surface area contributed by atoms with Gasteiger partial charge in [-0.25, -0.2) is 4.98 Å². The molecular weight excluding hydrogens is 384 g/mol. The predicted octanol–water partition coefficient (Wildman–Crippen LogP) is 0.644. The van der Waals surface area contributed by atoms with E-state index >= 15 is 0 Å². The molecule has 1 amide bonds. The molecule has 0 saturated carbocycles. The normalized spacial score (nSPS) is 26.1. The number of para-hydroxylation sites is 2. The second-order valence-electron chi connectivity index (χ2n) is 8.17. The van der Waals surface area contributed by atoms with Gasteiger partial charge in [0.25, 0.3) is 0 Å². The Morgan fingerprint density at radius 1 is 1.20 bits per heavy atom. The first-order chi connectivity index (χ1) is 14.6. The van der Waals surface area contributed by atoms with Crippen molar-refractivity contribution in [3.63, 3.8) is 0 Å². The lowest BCUT2D eigenvalue weighted by Crippen LogP contribution is -2.55. The van der Waals surface area contributed by atoms with Crippen LogP contribution in [0.1, 0.15) is 25.6 Å². The van der Waals surface area contributed by atoms with Crippen molar-refractivity contribution in [2.75, 3.05) is 39.4 Å². The predicted molar refractivity (Wildman–Crippen MR) is 113 cm³/mol. The lowest BCUT2D eigenvalue weighted by molar-refractivity contribution is -0.132. The fourth-order valence-electron chi connectivity index (χ4n) is 4.62. The Hall–Kier alpha value is -2.00. The molecule has 3 heterocycles. The number of morpholine rings is 1. The van der Waals surface area contributed by atoms with Crippen molar-refractivity contribution in [3.05, 3.63) is 30.1 Å². The largest absolute Gasteiger partial charge is 0.390 e. The van der Waals surface area contributed by atoms with Crippen molar-refractivity contribution in [2.45, 2.75) is 51.0 Å². The first kappa shape index (κ1) is 21.2. The van der Waals surface area contributed by atoms with Crippen LogP contribution in [0.3, 0.4) is 0 Å². The van der Waals surface area contributed by atoms with Crippen LogP contribution in [-0.4, -0.2) is 93.1 Å². The molecule has 3 atom stereocenters. The van der Waals surface area contributed by atoms with Gasteiger partial charge in [0.2, 0.25) is 5.91 Å². The van der Waals surface area contributed by atoms with Crippen molar-refractivity contribution in [3.8, 4) is 0 Å². The average Bonchev–Trinajstić information content (AvgIpc) is 3.07. The van der Waals surface area contributed by atoms with Crippen LogP contribution in [-0.2, 0) is 22.5 Å².